The molecular formula is C12H22N2OS. The third kappa shape index (κ3) is 2.38. The molecule has 92 valence electrons. The van der Waals surface area contributed by atoms with E-state index in [-0.39, 0.29) is 5.54 Å². The summed E-state index contributed by atoms with van der Waals surface area (Å²) in [7, 11) is 0. The van der Waals surface area contributed by atoms with E-state index >= 15 is 0 Å². The van der Waals surface area contributed by atoms with Crippen molar-refractivity contribution in [2.45, 2.75) is 37.6 Å². The summed E-state index contributed by atoms with van der Waals surface area (Å²) in [6.45, 7) is 2.87. The fourth-order valence-corrected chi connectivity index (χ4v) is 3.49. The van der Waals surface area contributed by atoms with Gasteiger partial charge in [-0.2, -0.15) is 11.8 Å². The quantitative estimate of drug-likeness (QED) is 0.796. The first kappa shape index (κ1) is 12.2. The summed E-state index contributed by atoms with van der Waals surface area (Å²) >= 11 is 1.64. The standard InChI is InChI=1S/C12H22N2OS/c1-16-9-11(15)14-8-7-13-10-12(14)5-3-2-4-6-12/h13H,2-10H2,1H3. The van der Waals surface area contributed by atoms with Crippen molar-refractivity contribution in [2.24, 2.45) is 0 Å². The molecule has 1 N–H and O–H groups in total. The average Bonchev–Trinajstić information content (AvgIpc) is 2.31. The normalized spacial score (nSPS) is 24.7. The summed E-state index contributed by atoms with van der Waals surface area (Å²) in [5, 5.41) is 3.47. The maximum absolute atomic E-state index is 12.1. The summed E-state index contributed by atoms with van der Waals surface area (Å²) in [4.78, 5) is 14.3. The number of nitrogens with zero attached hydrogens (tertiary/aromatic N) is 1. The minimum absolute atomic E-state index is 0.156. The molecule has 1 heterocycles. The van der Waals surface area contributed by atoms with Crippen LogP contribution in [0.1, 0.15) is 32.1 Å². The Balaban J connectivity index is 2.09. The molecule has 0 unspecified atom stereocenters. The molecule has 1 aliphatic heterocycles. The molecule has 1 saturated heterocycles. The first-order chi connectivity index (χ1) is 7.78. The van der Waals surface area contributed by atoms with E-state index in [1.165, 1.54) is 32.1 Å². The molecule has 4 heteroatoms. The predicted octanol–water partition coefficient (Wildman–Crippen LogP) is 1.48. The minimum atomic E-state index is 0.156. The lowest BCUT2D eigenvalue weighted by Crippen LogP contribution is -2.64. The molecule has 0 aromatic carbocycles. The Hall–Kier alpha value is -0.220. The van der Waals surface area contributed by atoms with E-state index in [0.717, 1.165) is 19.6 Å². The molecule has 2 aliphatic rings. The maximum Gasteiger partial charge on any atom is 0.233 e. The molecular weight excluding hydrogens is 220 g/mol. The molecule has 1 aliphatic carbocycles. The lowest BCUT2D eigenvalue weighted by molar-refractivity contribution is -0.137. The van der Waals surface area contributed by atoms with Crippen molar-refractivity contribution in [3.8, 4) is 0 Å². The largest absolute Gasteiger partial charge is 0.334 e. The average molecular weight is 242 g/mol. The molecule has 3 nitrogen and oxygen atoms in total. The Kier molecular flexibility index (Phi) is 4.14. The van der Waals surface area contributed by atoms with Crippen LogP contribution in [0.15, 0.2) is 0 Å². The highest BCUT2D eigenvalue weighted by Crippen LogP contribution is 2.34. The van der Waals surface area contributed by atoms with Crippen molar-refractivity contribution < 1.29 is 4.79 Å². The van der Waals surface area contributed by atoms with Crippen LogP contribution in [0.3, 0.4) is 0 Å². The number of amides is 1. The number of carbonyl (C=O) groups is 1. The van der Waals surface area contributed by atoms with E-state index in [4.69, 9.17) is 0 Å². The first-order valence-corrected chi connectivity index (χ1v) is 7.68. The summed E-state index contributed by atoms with van der Waals surface area (Å²) in [6, 6.07) is 0. The SMILES string of the molecule is CSCC(=O)N1CCNCC12CCCCC2. The van der Waals surface area contributed by atoms with Crippen LogP contribution in [-0.4, -0.2) is 48.0 Å². The van der Waals surface area contributed by atoms with E-state index in [9.17, 15) is 4.79 Å². The molecule has 1 amide bonds. The van der Waals surface area contributed by atoms with Gasteiger partial charge in [0.1, 0.15) is 0 Å². The van der Waals surface area contributed by atoms with E-state index in [2.05, 4.69) is 10.2 Å². The van der Waals surface area contributed by atoms with E-state index in [1.807, 2.05) is 6.26 Å². The number of carbonyl (C=O) groups excluding carboxylic acids is 1. The molecule has 0 atom stereocenters. The van der Waals surface area contributed by atoms with Gasteiger partial charge in [-0.15, -0.1) is 0 Å². The Bertz CT molecular complexity index is 243. The zero-order valence-corrected chi connectivity index (χ0v) is 10.9. The summed E-state index contributed by atoms with van der Waals surface area (Å²) in [5.41, 5.74) is 0.156. The monoisotopic (exact) mass is 242 g/mol. The van der Waals surface area contributed by atoms with Gasteiger partial charge in [-0.1, -0.05) is 19.3 Å². The summed E-state index contributed by atoms with van der Waals surface area (Å²) < 4.78 is 0. The lowest BCUT2D eigenvalue weighted by Gasteiger charge is -2.49. The third-order valence-corrected chi connectivity index (χ3v) is 4.43. The topological polar surface area (TPSA) is 32.3 Å². The van der Waals surface area contributed by atoms with Gasteiger partial charge in [0.2, 0.25) is 5.91 Å². The van der Waals surface area contributed by atoms with Gasteiger partial charge in [0.15, 0.2) is 0 Å². The second kappa shape index (κ2) is 5.41. The zero-order valence-electron chi connectivity index (χ0n) is 10.1. The van der Waals surface area contributed by atoms with Gasteiger partial charge in [-0.3, -0.25) is 4.79 Å². The molecule has 0 aromatic heterocycles. The second-order valence-electron chi connectivity index (χ2n) is 4.94. The van der Waals surface area contributed by atoms with Gasteiger partial charge < -0.3 is 10.2 Å². The summed E-state index contributed by atoms with van der Waals surface area (Å²) in [6.07, 6.45) is 8.30. The molecule has 0 radical (unpaired) electrons. The highest BCUT2D eigenvalue weighted by Gasteiger charge is 2.41. The Morgan fingerprint density at radius 3 is 2.81 bits per heavy atom. The zero-order chi connectivity index (χ0) is 11.4. The van der Waals surface area contributed by atoms with E-state index in [1.54, 1.807) is 11.8 Å². The second-order valence-corrected chi connectivity index (χ2v) is 5.81. The molecule has 0 bridgehead atoms. The number of hydrogen-bond donors (Lipinski definition) is 1. The molecule has 1 saturated carbocycles. The number of piperazine rings is 1. The molecule has 2 fully saturated rings. The number of nitrogens with one attached hydrogen (secondary N) is 1. The molecule has 16 heavy (non-hydrogen) atoms. The Morgan fingerprint density at radius 1 is 1.38 bits per heavy atom. The Labute approximate surface area is 102 Å². The van der Waals surface area contributed by atoms with Gasteiger partial charge in [0.25, 0.3) is 0 Å². The van der Waals surface area contributed by atoms with Gasteiger partial charge in [0.05, 0.1) is 11.3 Å². The van der Waals surface area contributed by atoms with Crippen LogP contribution in [0.5, 0.6) is 0 Å². The molecule has 2 rings (SSSR count). The van der Waals surface area contributed by atoms with Gasteiger partial charge in [-0.05, 0) is 19.1 Å². The smallest absolute Gasteiger partial charge is 0.233 e. The van der Waals surface area contributed by atoms with Crippen LogP contribution < -0.4 is 5.32 Å². The first-order valence-electron chi connectivity index (χ1n) is 6.29. The van der Waals surface area contributed by atoms with Crippen LogP contribution >= 0.6 is 11.8 Å². The van der Waals surface area contributed by atoms with Crippen molar-refractivity contribution in [2.75, 3.05) is 31.6 Å². The van der Waals surface area contributed by atoms with Crippen LogP contribution in [0, 0.1) is 0 Å². The molecule has 1 spiro atoms. The maximum atomic E-state index is 12.1. The van der Waals surface area contributed by atoms with Crippen molar-refractivity contribution in [3.63, 3.8) is 0 Å². The van der Waals surface area contributed by atoms with Crippen molar-refractivity contribution in [1.82, 2.24) is 10.2 Å². The van der Waals surface area contributed by atoms with Gasteiger partial charge in [-0.25, -0.2) is 0 Å². The third-order valence-electron chi connectivity index (χ3n) is 3.89. The van der Waals surface area contributed by atoms with Crippen molar-refractivity contribution >= 4 is 17.7 Å². The summed E-state index contributed by atoms with van der Waals surface area (Å²) in [5.74, 6) is 0.984. The highest BCUT2D eigenvalue weighted by atomic mass is 32.2. The lowest BCUT2D eigenvalue weighted by atomic mass is 9.79. The van der Waals surface area contributed by atoms with Crippen LogP contribution in [0.2, 0.25) is 0 Å². The molecule has 0 aromatic rings. The van der Waals surface area contributed by atoms with Crippen LogP contribution in [0.4, 0.5) is 0 Å². The van der Waals surface area contributed by atoms with Crippen molar-refractivity contribution in [3.05, 3.63) is 0 Å². The van der Waals surface area contributed by atoms with E-state index < -0.39 is 0 Å². The number of hydrogen-bond acceptors (Lipinski definition) is 3. The fraction of sp³-hybridized carbons (Fsp3) is 0.917. The van der Waals surface area contributed by atoms with Crippen LogP contribution in [-0.2, 0) is 4.79 Å². The van der Waals surface area contributed by atoms with Gasteiger partial charge >= 0.3 is 0 Å². The number of rotatable bonds is 2. The minimum Gasteiger partial charge on any atom is -0.334 e. The predicted molar refractivity (Wildman–Crippen MR) is 68.8 cm³/mol. The fourth-order valence-electron chi connectivity index (χ4n) is 3.09. The van der Waals surface area contributed by atoms with Crippen molar-refractivity contribution in [1.29, 1.82) is 0 Å². The Morgan fingerprint density at radius 2 is 2.12 bits per heavy atom. The van der Waals surface area contributed by atoms with Crippen LogP contribution in [0.25, 0.3) is 0 Å². The highest BCUT2D eigenvalue weighted by molar-refractivity contribution is 7.99. The van der Waals surface area contributed by atoms with E-state index in [0.29, 0.717) is 11.7 Å². The number of thioether (sulfide) groups is 1. The van der Waals surface area contributed by atoms with Gasteiger partial charge in [0, 0.05) is 19.6 Å².